The van der Waals surface area contributed by atoms with Gasteiger partial charge in [-0.15, -0.1) is 11.8 Å². The quantitative estimate of drug-likeness (QED) is 0.799. The summed E-state index contributed by atoms with van der Waals surface area (Å²) in [4.78, 5) is 12.4. The summed E-state index contributed by atoms with van der Waals surface area (Å²) in [5.74, 6) is 0.835. The van der Waals surface area contributed by atoms with Crippen molar-refractivity contribution < 1.29 is 9.90 Å². The second-order valence-corrected chi connectivity index (χ2v) is 7.34. The van der Waals surface area contributed by atoms with Gasteiger partial charge in [0.25, 0.3) is 0 Å². The molecule has 0 saturated heterocycles. The Balaban J connectivity index is 1.86. The average molecular weight is 343 g/mol. The Morgan fingerprint density at radius 3 is 2.33 bits per heavy atom. The number of amides is 1. The molecule has 2 atom stereocenters. The van der Waals surface area contributed by atoms with Crippen molar-refractivity contribution in [3.8, 4) is 0 Å². The summed E-state index contributed by atoms with van der Waals surface area (Å²) in [6, 6.07) is 16.0. The SMILES string of the molecule is Cc1ccccc1C(C)NC(=O)C(C)SCc1ccc(CO)cc1. The summed E-state index contributed by atoms with van der Waals surface area (Å²) in [6.45, 7) is 6.08. The fourth-order valence-corrected chi connectivity index (χ4v) is 3.37. The molecule has 1 amide bonds. The van der Waals surface area contributed by atoms with Crippen LogP contribution in [0.2, 0.25) is 0 Å². The van der Waals surface area contributed by atoms with E-state index in [1.165, 1.54) is 5.56 Å². The van der Waals surface area contributed by atoms with E-state index >= 15 is 0 Å². The lowest BCUT2D eigenvalue weighted by Crippen LogP contribution is -2.33. The minimum absolute atomic E-state index is 0.00517. The highest BCUT2D eigenvalue weighted by molar-refractivity contribution is 7.99. The number of carbonyl (C=O) groups is 1. The van der Waals surface area contributed by atoms with E-state index in [1.807, 2.05) is 50.2 Å². The van der Waals surface area contributed by atoms with Crippen molar-refractivity contribution in [2.45, 2.75) is 44.4 Å². The van der Waals surface area contributed by atoms with E-state index in [1.54, 1.807) is 11.8 Å². The number of aliphatic hydroxyl groups excluding tert-OH is 1. The average Bonchev–Trinajstić information content (AvgIpc) is 2.60. The number of hydrogen-bond acceptors (Lipinski definition) is 3. The van der Waals surface area contributed by atoms with Gasteiger partial charge in [-0.25, -0.2) is 0 Å². The first kappa shape index (κ1) is 18.6. The Hall–Kier alpha value is -1.78. The molecule has 0 aromatic heterocycles. The molecule has 24 heavy (non-hydrogen) atoms. The maximum Gasteiger partial charge on any atom is 0.233 e. The topological polar surface area (TPSA) is 49.3 Å². The van der Waals surface area contributed by atoms with Crippen LogP contribution < -0.4 is 5.32 Å². The first-order valence-electron chi connectivity index (χ1n) is 8.17. The van der Waals surface area contributed by atoms with Gasteiger partial charge in [0, 0.05) is 5.75 Å². The number of benzene rings is 2. The van der Waals surface area contributed by atoms with Crippen LogP contribution in [0.3, 0.4) is 0 Å². The van der Waals surface area contributed by atoms with Crippen LogP contribution >= 0.6 is 11.8 Å². The molecular weight excluding hydrogens is 318 g/mol. The highest BCUT2D eigenvalue weighted by Crippen LogP contribution is 2.21. The number of aliphatic hydroxyl groups is 1. The van der Waals surface area contributed by atoms with Gasteiger partial charge in [-0.2, -0.15) is 0 Å². The summed E-state index contributed by atoms with van der Waals surface area (Å²) in [5, 5.41) is 12.0. The van der Waals surface area contributed by atoms with Crippen molar-refractivity contribution in [3.05, 3.63) is 70.8 Å². The Morgan fingerprint density at radius 2 is 1.71 bits per heavy atom. The molecular formula is C20H25NO2S. The molecule has 0 radical (unpaired) electrons. The second kappa shape index (κ2) is 8.90. The summed E-state index contributed by atoms with van der Waals surface area (Å²) < 4.78 is 0. The third-order valence-corrected chi connectivity index (χ3v) is 5.30. The van der Waals surface area contributed by atoms with Gasteiger partial charge in [0.05, 0.1) is 17.9 Å². The molecule has 3 nitrogen and oxygen atoms in total. The Morgan fingerprint density at radius 1 is 1.08 bits per heavy atom. The molecule has 0 saturated carbocycles. The molecule has 2 N–H and O–H groups in total. The normalized spacial score (nSPS) is 13.3. The molecule has 0 spiro atoms. The van der Waals surface area contributed by atoms with E-state index in [-0.39, 0.29) is 23.8 Å². The largest absolute Gasteiger partial charge is 0.392 e. The van der Waals surface area contributed by atoms with Gasteiger partial charge in [0.15, 0.2) is 0 Å². The minimum Gasteiger partial charge on any atom is -0.392 e. The lowest BCUT2D eigenvalue weighted by Gasteiger charge is -2.19. The van der Waals surface area contributed by atoms with E-state index in [2.05, 4.69) is 24.4 Å². The lowest BCUT2D eigenvalue weighted by molar-refractivity contribution is -0.120. The van der Waals surface area contributed by atoms with Crippen LogP contribution in [0.5, 0.6) is 0 Å². The number of carbonyl (C=O) groups excluding carboxylic acids is 1. The predicted octanol–water partition coefficient (Wildman–Crippen LogP) is 3.99. The molecule has 0 aliphatic rings. The van der Waals surface area contributed by atoms with Gasteiger partial charge in [0.2, 0.25) is 5.91 Å². The van der Waals surface area contributed by atoms with Crippen LogP contribution in [0.15, 0.2) is 48.5 Å². The third kappa shape index (κ3) is 5.11. The van der Waals surface area contributed by atoms with E-state index in [0.717, 1.165) is 22.4 Å². The Bertz CT molecular complexity index is 670. The maximum absolute atomic E-state index is 12.4. The molecule has 0 heterocycles. The number of aryl methyl sites for hydroxylation is 1. The van der Waals surface area contributed by atoms with Crippen LogP contribution in [0, 0.1) is 6.92 Å². The van der Waals surface area contributed by atoms with Crippen molar-refractivity contribution in [1.82, 2.24) is 5.32 Å². The van der Waals surface area contributed by atoms with Gasteiger partial charge in [-0.05, 0) is 43.0 Å². The zero-order valence-electron chi connectivity index (χ0n) is 14.5. The van der Waals surface area contributed by atoms with Crippen LogP contribution in [-0.2, 0) is 17.2 Å². The first-order chi connectivity index (χ1) is 11.5. The van der Waals surface area contributed by atoms with Gasteiger partial charge in [0.1, 0.15) is 0 Å². The molecule has 2 aromatic carbocycles. The van der Waals surface area contributed by atoms with Crippen LogP contribution in [-0.4, -0.2) is 16.3 Å². The number of hydrogen-bond donors (Lipinski definition) is 2. The maximum atomic E-state index is 12.4. The molecule has 2 aromatic rings. The summed E-state index contributed by atoms with van der Waals surface area (Å²) in [7, 11) is 0. The van der Waals surface area contributed by atoms with E-state index < -0.39 is 0 Å². The van der Waals surface area contributed by atoms with Gasteiger partial charge in [-0.3, -0.25) is 4.79 Å². The highest BCUT2D eigenvalue weighted by Gasteiger charge is 2.17. The molecule has 2 unspecified atom stereocenters. The van der Waals surface area contributed by atoms with Gasteiger partial charge in [-0.1, -0.05) is 48.5 Å². The molecule has 0 fully saturated rings. The number of nitrogens with one attached hydrogen (secondary N) is 1. The van der Waals surface area contributed by atoms with Gasteiger partial charge < -0.3 is 10.4 Å². The zero-order chi connectivity index (χ0) is 17.5. The molecule has 0 aliphatic carbocycles. The van der Waals surface area contributed by atoms with Crippen LogP contribution in [0.25, 0.3) is 0 Å². The van der Waals surface area contributed by atoms with Gasteiger partial charge >= 0.3 is 0 Å². The first-order valence-corrected chi connectivity index (χ1v) is 9.22. The summed E-state index contributed by atoms with van der Waals surface area (Å²) >= 11 is 1.62. The molecule has 128 valence electrons. The molecule has 2 rings (SSSR count). The summed E-state index contributed by atoms with van der Waals surface area (Å²) in [6.07, 6.45) is 0. The smallest absolute Gasteiger partial charge is 0.233 e. The Kier molecular flexibility index (Phi) is 6.88. The van der Waals surface area contributed by atoms with Crippen LogP contribution in [0.4, 0.5) is 0 Å². The zero-order valence-corrected chi connectivity index (χ0v) is 15.3. The molecule has 0 aliphatic heterocycles. The van der Waals surface area contributed by atoms with E-state index in [9.17, 15) is 4.79 Å². The molecule has 0 bridgehead atoms. The standard InChI is InChI=1S/C20H25NO2S/c1-14-6-4-5-7-19(14)15(2)21-20(23)16(3)24-13-18-10-8-17(12-22)9-11-18/h4-11,15-16,22H,12-13H2,1-3H3,(H,21,23). The van der Waals surface area contributed by atoms with E-state index in [0.29, 0.717) is 0 Å². The van der Waals surface area contributed by atoms with Crippen molar-refractivity contribution >= 4 is 17.7 Å². The number of thioether (sulfide) groups is 1. The fraction of sp³-hybridized carbons (Fsp3) is 0.350. The number of rotatable bonds is 7. The predicted molar refractivity (Wildman–Crippen MR) is 101 cm³/mol. The van der Waals surface area contributed by atoms with Crippen LogP contribution in [0.1, 0.15) is 42.1 Å². The lowest BCUT2D eigenvalue weighted by atomic mass is 10.0. The van der Waals surface area contributed by atoms with E-state index in [4.69, 9.17) is 5.11 Å². The van der Waals surface area contributed by atoms with Crippen molar-refractivity contribution in [2.75, 3.05) is 0 Å². The van der Waals surface area contributed by atoms with Crippen molar-refractivity contribution in [3.63, 3.8) is 0 Å². The second-order valence-electron chi connectivity index (χ2n) is 6.01. The van der Waals surface area contributed by atoms with Crippen molar-refractivity contribution in [2.24, 2.45) is 0 Å². The fourth-order valence-electron chi connectivity index (χ4n) is 2.52. The monoisotopic (exact) mass is 343 g/mol. The summed E-state index contributed by atoms with van der Waals surface area (Å²) in [5.41, 5.74) is 4.41. The Labute approximate surface area is 148 Å². The van der Waals surface area contributed by atoms with Crippen molar-refractivity contribution in [1.29, 1.82) is 0 Å². The molecule has 4 heteroatoms. The highest BCUT2D eigenvalue weighted by atomic mass is 32.2. The third-order valence-electron chi connectivity index (χ3n) is 4.09. The minimum atomic E-state index is -0.117.